The van der Waals surface area contributed by atoms with E-state index in [2.05, 4.69) is 0 Å². The standard InChI is InChI=1S/C17H14Cl2N2O2.C7H14O5/c1-23-11-3-4-12-13(17(20)22)9-21(16(12)7-11)8-10-2-5-14(18)15(19)6-10;8-2-4-1-6(10)5(3-9)7(11)12-4/h2-7,9H,8H2,1H3,(H2,20,22);4-11H,1-3H2. The molecule has 1 aliphatic heterocycles. The first-order chi connectivity index (χ1) is 16.7. The number of fused-ring (bicyclic) bond motifs is 1. The molecule has 6 N–H and O–H groups in total. The van der Waals surface area contributed by atoms with Gasteiger partial charge in [-0.3, -0.25) is 4.79 Å². The van der Waals surface area contributed by atoms with E-state index in [1.54, 1.807) is 31.5 Å². The van der Waals surface area contributed by atoms with Gasteiger partial charge in [0.25, 0.3) is 5.91 Å². The number of aromatic nitrogens is 1. The van der Waals surface area contributed by atoms with E-state index in [0.29, 0.717) is 27.9 Å². The lowest BCUT2D eigenvalue weighted by atomic mass is 9.94. The molecule has 1 saturated heterocycles. The summed E-state index contributed by atoms with van der Waals surface area (Å²) in [6.07, 6.45) is -0.530. The molecular weight excluding hydrogens is 499 g/mol. The van der Waals surface area contributed by atoms with E-state index in [1.807, 2.05) is 22.8 Å². The summed E-state index contributed by atoms with van der Waals surface area (Å²) in [6.45, 7) is -0.0133. The van der Waals surface area contributed by atoms with Crippen molar-refractivity contribution in [3.05, 3.63) is 63.8 Å². The zero-order valence-electron chi connectivity index (χ0n) is 19.0. The van der Waals surface area contributed by atoms with Crippen LogP contribution in [0.3, 0.4) is 0 Å². The summed E-state index contributed by atoms with van der Waals surface area (Å²) in [5.41, 5.74) is 7.79. The molecule has 1 aromatic heterocycles. The maximum absolute atomic E-state index is 11.7. The van der Waals surface area contributed by atoms with Crippen LogP contribution in [0.1, 0.15) is 22.3 Å². The fraction of sp³-hybridized carbons (Fsp3) is 0.375. The number of hydrogen-bond acceptors (Lipinski definition) is 7. The summed E-state index contributed by atoms with van der Waals surface area (Å²) in [7, 11) is 1.60. The zero-order chi connectivity index (χ0) is 25.7. The lowest BCUT2D eigenvalue weighted by molar-refractivity contribution is -0.237. The van der Waals surface area contributed by atoms with E-state index in [0.717, 1.165) is 16.5 Å². The second-order valence-electron chi connectivity index (χ2n) is 8.15. The molecule has 0 aliphatic carbocycles. The highest BCUT2D eigenvalue weighted by atomic mass is 35.5. The topological polar surface area (TPSA) is 147 Å². The van der Waals surface area contributed by atoms with Crippen molar-refractivity contribution in [2.75, 3.05) is 20.3 Å². The molecule has 1 amide bonds. The molecule has 11 heteroatoms. The number of benzene rings is 2. The Bertz CT molecular complexity index is 1160. The van der Waals surface area contributed by atoms with Gasteiger partial charge in [0, 0.05) is 30.6 Å². The Kier molecular flexibility index (Phi) is 9.37. The van der Waals surface area contributed by atoms with Gasteiger partial charge in [0.05, 0.1) is 59.6 Å². The minimum absolute atomic E-state index is 0.230. The Morgan fingerprint density at radius 3 is 2.46 bits per heavy atom. The molecule has 1 fully saturated rings. The molecule has 0 bridgehead atoms. The normalized spacial score (nSPS) is 21.9. The number of hydrogen-bond donors (Lipinski definition) is 5. The molecule has 4 atom stereocenters. The molecule has 9 nitrogen and oxygen atoms in total. The van der Waals surface area contributed by atoms with E-state index in [-0.39, 0.29) is 19.6 Å². The molecule has 2 aromatic carbocycles. The Morgan fingerprint density at radius 1 is 1.14 bits per heavy atom. The second kappa shape index (κ2) is 12.0. The van der Waals surface area contributed by atoms with Gasteiger partial charge >= 0.3 is 0 Å². The number of carbonyl (C=O) groups is 1. The molecule has 0 saturated carbocycles. The lowest BCUT2D eigenvalue weighted by Gasteiger charge is -2.35. The summed E-state index contributed by atoms with van der Waals surface area (Å²) in [6, 6.07) is 11.0. The third kappa shape index (κ3) is 6.45. The molecule has 35 heavy (non-hydrogen) atoms. The van der Waals surface area contributed by atoms with Crippen molar-refractivity contribution in [3.8, 4) is 5.75 Å². The number of aliphatic hydroxyl groups is 4. The van der Waals surface area contributed by atoms with Crippen LogP contribution in [0.5, 0.6) is 5.75 Å². The average molecular weight is 527 g/mol. The van der Waals surface area contributed by atoms with Crippen molar-refractivity contribution in [3.63, 3.8) is 0 Å². The van der Waals surface area contributed by atoms with Crippen LogP contribution in [0, 0.1) is 5.92 Å². The number of methoxy groups -OCH3 is 1. The van der Waals surface area contributed by atoms with Crippen LogP contribution in [-0.4, -0.2) is 69.7 Å². The number of amides is 1. The Balaban J connectivity index is 0.000000241. The van der Waals surface area contributed by atoms with E-state index in [4.69, 9.17) is 48.6 Å². The lowest BCUT2D eigenvalue weighted by Crippen LogP contribution is -2.46. The maximum Gasteiger partial charge on any atom is 0.250 e. The first-order valence-corrected chi connectivity index (χ1v) is 11.6. The largest absolute Gasteiger partial charge is 0.497 e. The summed E-state index contributed by atoms with van der Waals surface area (Å²) in [5.74, 6) is -0.414. The summed E-state index contributed by atoms with van der Waals surface area (Å²) < 4.78 is 12.1. The van der Waals surface area contributed by atoms with Crippen LogP contribution in [0.4, 0.5) is 0 Å². The van der Waals surface area contributed by atoms with Crippen LogP contribution in [0.15, 0.2) is 42.6 Å². The van der Waals surface area contributed by atoms with Crippen LogP contribution in [-0.2, 0) is 11.3 Å². The van der Waals surface area contributed by atoms with Crippen LogP contribution < -0.4 is 10.5 Å². The Labute approximate surface area is 212 Å². The number of aliphatic hydroxyl groups excluding tert-OH is 4. The van der Waals surface area contributed by atoms with Gasteiger partial charge in [-0.05, 0) is 29.8 Å². The molecule has 0 spiro atoms. The van der Waals surface area contributed by atoms with Crippen molar-refractivity contribution >= 4 is 40.0 Å². The highest BCUT2D eigenvalue weighted by molar-refractivity contribution is 6.42. The number of primary amides is 1. The van der Waals surface area contributed by atoms with Crippen molar-refractivity contribution < 1.29 is 34.7 Å². The number of halogens is 2. The van der Waals surface area contributed by atoms with Gasteiger partial charge in [0.15, 0.2) is 6.29 Å². The SMILES string of the molecule is COc1ccc2c(C(N)=O)cn(Cc3ccc(Cl)c(Cl)c3)c2c1.OCC1CC(O)C(CO)C(O)O1. The number of nitrogens with two attached hydrogens (primary N) is 1. The third-order valence-electron chi connectivity index (χ3n) is 5.80. The Morgan fingerprint density at radius 2 is 1.89 bits per heavy atom. The van der Waals surface area contributed by atoms with Crippen LogP contribution in [0.2, 0.25) is 10.0 Å². The van der Waals surface area contributed by atoms with Gasteiger partial charge in [-0.2, -0.15) is 0 Å². The van der Waals surface area contributed by atoms with Gasteiger partial charge in [0.1, 0.15) is 5.75 Å². The van der Waals surface area contributed by atoms with Gasteiger partial charge < -0.3 is 40.2 Å². The van der Waals surface area contributed by atoms with E-state index in [9.17, 15) is 15.0 Å². The quantitative estimate of drug-likeness (QED) is 0.330. The predicted molar refractivity (Wildman–Crippen MR) is 132 cm³/mol. The summed E-state index contributed by atoms with van der Waals surface area (Å²) in [4.78, 5) is 11.7. The number of nitrogens with zero attached hydrogens (tertiary/aromatic N) is 1. The van der Waals surface area contributed by atoms with Gasteiger partial charge in [-0.15, -0.1) is 0 Å². The van der Waals surface area contributed by atoms with E-state index in [1.165, 1.54) is 0 Å². The smallest absolute Gasteiger partial charge is 0.250 e. The molecule has 4 rings (SSSR count). The number of rotatable bonds is 6. The second-order valence-corrected chi connectivity index (χ2v) is 8.96. The van der Waals surface area contributed by atoms with Crippen molar-refractivity contribution in [1.82, 2.24) is 4.57 Å². The minimum atomic E-state index is -1.18. The number of ether oxygens (including phenoxy) is 2. The van der Waals surface area contributed by atoms with Crippen molar-refractivity contribution in [1.29, 1.82) is 0 Å². The molecule has 2 heterocycles. The molecule has 0 radical (unpaired) electrons. The summed E-state index contributed by atoms with van der Waals surface area (Å²) in [5, 5.41) is 37.7. The molecule has 3 aromatic rings. The van der Waals surface area contributed by atoms with Gasteiger partial charge in [-0.1, -0.05) is 29.3 Å². The molecular formula is C24H28Cl2N2O7. The van der Waals surface area contributed by atoms with E-state index < -0.39 is 30.3 Å². The van der Waals surface area contributed by atoms with Crippen LogP contribution in [0.25, 0.3) is 10.9 Å². The highest BCUT2D eigenvalue weighted by Crippen LogP contribution is 2.28. The van der Waals surface area contributed by atoms with Crippen LogP contribution >= 0.6 is 23.2 Å². The molecule has 4 unspecified atom stereocenters. The monoisotopic (exact) mass is 526 g/mol. The fourth-order valence-electron chi connectivity index (χ4n) is 3.88. The van der Waals surface area contributed by atoms with Crippen molar-refractivity contribution in [2.45, 2.75) is 31.5 Å². The first-order valence-electron chi connectivity index (χ1n) is 10.8. The maximum atomic E-state index is 11.7. The highest BCUT2D eigenvalue weighted by Gasteiger charge is 2.35. The number of carbonyl (C=O) groups excluding carboxylic acids is 1. The first kappa shape index (κ1) is 27.2. The van der Waals surface area contributed by atoms with Gasteiger partial charge in [0.2, 0.25) is 0 Å². The molecule has 1 aliphatic rings. The van der Waals surface area contributed by atoms with Crippen molar-refractivity contribution in [2.24, 2.45) is 11.7 Å². The van der Waals surface area contributed by atoms with Gasteiger partial charge in [-0.25, -0.2) is 0 Å². The fourth-order valence-corrected chi connectivity index (χ4v) is 4.20. The Hall–Kier alpha value is -2.37. The van der Waals surface area contributed by atoms with E-state index >= 15 is 0 Å². The predicted octanol–water partition coefficient (Wildman–Crippen LogP) is 2.16. The summed E-state index contributed by atoms with van der Waals surface area (Å²) >= 11 is 12.0. The molecule has 190 valence electrons. The average Bonchev–Trinajstić information content (AvgIpc) is 3.19. The minimum Gasteiger partial charge on any atom is -0.497 e. The zero-order valence-corrected chi connectivity index (χ0v) is 20.5. The third-order valence-corrected chi connectivity index (χ3v) is 6.54.